The van der Waals surface area contributed by atoms with Crippen molar-refractivity contribution >= 4 is 28.2 Å². The summed E-state index contributed by atoms with van der Waals surface area (Å²) in [5, 5.41) is 2.18. The molecule has 1 aliphatic carbocycles. The van der Waals surface area contributed by atoms with Crippen LogP contribution in [0.3, 0.4) is 0 Å². The molecule has 0 bridgehead atoms. The quantitative estimate of drug-likeness (QED) is 0.511. The summed E-state index contributed by atoms with van der Waals surface area (Å²) in [5.41, 5.74) is 3.33. The minimum Gasteiger partial charge on any atom is -0.465 e. The van der Waals surface area contributed by atoms with Crippen molar-refractivity contribution in [3.8, 4) is 0 Å². The zero-order chi connectivity index (χ0) is 20.4. The third-order valence-corrected chi connectivity index (χ3v) is 5.99. The van der Waals surface area contributed by atoms with Crippen molar-refractivity contribution in [2.24, 2.45) is 10.9 Å². The zero-order valence-electron chi connectivity index (χ0n) is 17.1. The molecule has 2 aromatic rings. The standard InChI is InChI=1S/C25H27NO3/c1-3-4-15-29-25(28)22-16(2)26-20-13-8-14-21(27)24(20)23(22)19-12-7-10-17-9-5-6-11-18(17)19/h5-7,9-12,22-23H,3-4,8,13-15H2,1-2H3/t22?,23-/m1/s1. The van der Waals surface area contributed by atoms with Gasteiger partial charge in [-0.15, -0.1) is 0 Å². The molecule has 2 aliphatic rings. The summed E-state index contributed by atoms with van der Waals surface area (Å²) in [7, 11) is 0. The molecule has 4 heteroatoms. The first kappa shape index (κ1) is 19.6. The highest BCUT2D eigenvalue weighted by Crippen LogP contribution is 2.45. The molecule has 29 heavy (non-hydrogen) atoms. The lowest BCUT2D eigenvalue weighted by Crippen LogP contribution is -2.37. The van der Waals surface area contributed by atoms with Crippen LogP contribution in [0.2, 0.25) is 0 Å². The molecule has 0 saturated heterocycles. The number of nitrogens with zero attached hydrogens (tertiary/aromatic N) is 1. The van der Waals surface area contributed by atoms with Crippen LogP contribution in [0.25, 0.3) is 10.8 Å². The maximum absolute atomic E-state index is 13.1. The van der Waals surface area contributed by atoms with Gasteiger partial charge in [0.05, 0.1) is 6.61 Å². The number of carbonyl (C=O) groups is 2. The third kappa shape index (κ3) is 3.64. The first-order chi connectivity index (χ1) is 14.1. The molecule has 2 atom stereocenters. The molecule has 0 fully saturated rings. The van der Waals surface area contributed by atoms with Crippen molar-refractivity contribution in [3.05, 3.63) is 59.3 Å². The first-order valence-corrected chi connectivity index (χ1v) is 10.6. The summed E-state index contributed by atoms with van der Waals surface area (Å²) in [4.78, 5) is 30.9. The third-order valence-electron chi connectivity index (χ3n) is 5.99. The molecule has 1 unspecified atom stereocenters. The van der Waals surface area contributed by atoms with Gasteiger partial charge in [-0.3, -0.25) is 14.6 Å². The number of fused-ring (bicyclic) bond motifs is 1. The Hall–Kier alpha value is -2.75. The lowest BCUT2D eigenvalue weighted by Gasteiger charge is -2.35. The summed E-state index contributed by atoms with van der Waals surface area (Å²) in [6, 6.07) is 14.3. The van der Waals surface area contributed by atoms with Crippen molar-refractivity contribution in [1.82, 2.24) is 0 Å². The molecule has 1 heterocycles. The normalized spacial score (nSPS) is 21.7. The second-order valence-corrected chi connectivity index (χ2v) is 7.94. The van der Waals surface area contributed by atoms with E-state index in [1.807, 2.05) is 31.2 Å². The number of rotatable bonds is 5. The van der Waals surface area contributed by atoms with Crippen LogP contribution in [-0.4, -0.2) is 24.1 Å². The summed E-state index contributed by atoms with van der Waals surface area (Å²) < 4.78 is 5.62. The van der Waals surface area contributed by atoms with E-state index in [2.05, 4.69) is 25.1 Å². The molecule has 1 aliphatic heterocycles. The Bertz CT molecular complexity index is 1010. The van der Waals surface area contributed by atoms with Crippen LogP contribution in [0.15, 0.2) is 58.7 Å². The largest absolute Gasteiger partial charge is 0.465 e. The number of ether oxygens (including phenoxy) is 1. The van der Waals surface area contributed by atoms with Crippen LogP contribution in [0, 0.1) is 5.92 Å². The molecule has 2 aromatic carbocycles. The zero-order valence-corrected chi connectivity index (χ0v) is 17.1. The fourth-order valence-corrected chi connectivity index (χ4v) is 4.58. The molecular formula is C25H27NO3. The number of carbonyl (C=O) groups excluding carboxylic acids is 2. The number of Topliss-reactive ketones (excluding diaryl/α,β-unsaturated/α-hetero) is 1. The van der Waals surface area contributed by atoms with Crippen LogP contribution in [-0.2, 0) is 14.3 Å². The molecule has 0 saturated carbocycles. The van der Waals surface area contributed by atoms with Crippen molar-refractivity contribution < 1.29 is 14.3 Å². The van der Waals surface area contributed by atoms with Gasteiger partial charge < -0.3 is 4.74 Å². The van der Waals surface area contributed by atoms with Crippen molar-refractivity contribution in [3.63, 3.8) is 0 Å². The van der Waals surface area contributed by atoms with Crippen LogP contribution < -0.4 is 0 Å². The SMILES string of the molecule is CCCCOC(=O)C1C(C)=NC2=C(C(=O)CCC2)[C@@H]1c1cccc2ccccc12. The van der Waals surface area contributed by atoms with Crippen LogP contribution in [0.5, 0.6) is 0 Å². The number of benzene rings is 2. The fourth-order valence-electron chi connectivity index (χ4n) is 4.58. The second-order valence-electron chi connectivity index (χ2n) is 7.94. The highest BCUT2D eigenvalue weighted by atomic mass is 16.5. The highest BCUT2D eigenvalue weighted by Gasteiger charge is 2.43. The highest BCUT2D eigenvalue weighted by molar-refractivity contribution is 6.09. The Morgan fingerprint density at radius 3 is 2.76 bits per heavy atom. The van der Waals surface area contributed by atoms with Gasteiger partial charge in [0.25, 0.3) is 0 Å². The van der Waals surface area contributed by atoms with Gasteiger partial charge in [0.15, 0.2) is 5.78 Å². The van der Waals surface area contributed by atoms with Crippen molar-refractivity contribution in [1.29, 1.82) is 0 Å². The number of unbranched alkanes of at least 4 members (excludes halogenated alkanes) is 1. The average molecular weight is 389 g/mol. The maximum Gasteiger partial charge on any atom is 0.315 e. The lowest BCUT2D eigenvalue weighted by molar-refractivity contribution is -0.146. The predicted octanol–water partition coefficient (Wildman–Crippen LogP) is 5.36. The Labute approximate surface area is 171 Å². The summed E-state index contributed by atoms with van der Waals surface area (Å²) >= 11 is 0. The number of ketones is 1. The van der Waals surface area contributed by atoms with Crippen LogP contribution in [0.1, 0.15) is 57.4 Å². The van der Waals surface area contributed by atoms with E-state index in [0.29, 0.717) is 13.0 Å². The van der Waals surface area contributed by atoms with E-state index in [4.69, 9.17) is 9.73 Å². The molecule has 150 valence electrons. The Morgan fingerprint density at radius 2 is 1.93 bits per heavy atom. The van der Waals surface area contributed by atoms with E-state index >= 15 is 0 Å². The van der Waals surface area contributed by atoms with Gasteiger partial charge in [-0.05, 0) is 42.5 Å². The monoisotopic (exact) mass is 389 g/mol. The number of hydrogen-bond donors (Lipinski definition) is 0. The van der Waals surface area contributed by atoms with Gasteiger partial charge in [-0.1, -0.05) is 55.8 Å². The predicted molar refractivity (Wildman–Crippen MR) is 115 cm³/mol. The van der Waals surface area contributed by atoms with Gasteiger partial charge in [-0.25, -0.2) is 0 Å². The maximum atomic E-state index is 13.1. The molecule has 0 amide bonds. The van der Waals surface area contributed by atoms with Crippen molar-refractivity contribution in [2.75, 3.05) is 6.61 Å². The van der Waals surface area contributed by atoms with Crippen molar-refractivity contribution in [2.45, 2.75) is 51.9 Å². The van der Waals surface area contributed by atoms with Gasteiger partial charge >= 0.3 is 5.97 Å². The summed E-state index contributed by atoms with van der Waals surface area (Å²) in [6.07, 6.45) is 3.93. The molecule has 4 nitrogen and oxygen atoms in total. The summed E-state index contributed by atoms with van der Waals surface area (Å²) in [6.45, 7) is 4.37. The smallest absolute Gasteiger partial charge is 0.315 e. The van der Waals surface area contributed by atoms with Crippen LogP contribution in [0.4, 0.5) is 0 Å². The molecule has 0 N–H and O–H groups in total. The Balaban J connectivity index is 1.86. The Kier molecular flexibility index (Phi) is 5.61. The molecule has 4 rings (SSSR count). The van der Waals surface area contributed by atoms with Gasteiger partial charge in [0.2, 0.25) is 0 Å². The first-order valence-electron chi connectivity index (χ1n) is 10.6. The van der Waals surface area contributed by atoms with E-state index in [1.165, 1.54) is 0 Å². The molecule has 0 radical (unpaired) electrons. The van der Waals surface area contributed by atoms with E-state index in [-0.39, 0.29) is 17.7 Å². The number of aliphatic imine (C=N–C) groups is 1. The lowest BCUT2D eigenvalue weighted by atomic mass is 9.71. The number of allylic oxidation sites excluding steroid dienone is 2. The average Bonchev–Trinajstić information content (AvgIpc) is 2.72. The minimum absolute atomic E-state index is 0.117. The van der Waals surface area contributed by atoms with E-state index < -0.39 is 5.92 Å². The van der Waals surface area contributed by atoms with E-state index in [1.54, 1.807) is 0 Å². The summed E-state index contributed by atoms with van der Waals surface area (Å²) in [5.74, 6) is -1.05. The van der Waals surface area contributed by atoms with Gasteiger partial charge in [0, 0.05) is 29.3 Å². The molecule has 0 spiro atoms. The molecular weight excluding hydrogens is 362 g/mol. The molecule has 0 aromatic heterocycles. The van der Waals surface area contributed by atoms with E-state index in [9.17, 15) is 9.59 Å². The minimum atomic E-state index is -0.557. The topological polar surface area (TPSA) is 55.7 Å². The van der Waals surface area contributed by atoms with Crippen LogP contribution >= 0.6 is 0 Å². The van der Waals surface area contributed by atoms with Gasteiger partial charge in [-0.2, -0.15) is 0 Å². The number of hydrogen-bond acceptors (Lipinski definition) is 4. The second kappa shape index (κ2) is 8.32. The fraction of sp³-hybridized carbons (Fsp3) is 0.400. The number of esters is 1. The van der Waals surface area contributed by atoms with Gasteiger partial charge in [0.1, 0.15) is 5.92 Å². The Morgan fingerprint density at radius 1 is 1.14 bits per heavy atom. The van der Waals surface area contributed by atoms with E-state index in [0.717, 1.165) is 59.0 Å².